The molecule has 2 N–H and O–H groups in total. The SMILES string of the molecule is CCCCOCCNCC(O)COc1cnsn1. The molecule has 0 spiro atoms. The monoisotopic (exact) mass is 275 g/mol. The number of nitrogens with one attached hydrogen (secondary N) is 1. The molecule has 1 rings (SSSR count). The lowest BCUT2D eigenvalue weighted by Gasteiger charge is -2.11. The summed E-state index contributed by atoms with van der Waals surface area (Å²) in [5.41, 5.74) is 0. The maximum atomic E-state index is 9.62. The molecule has 7 heteroatoms. The molecule has 0 fully saturated rings. The lowest BCUT2D eigenvalue weighted by atomic mass is 10.3. The normalized spacial score (nSPS) is 12.6. The van der Waals surface area contributed by atoms with Crippen molar-refractivity contribution in [1.29, 1.82) is 0 Å². The quantitative estimate of drug-likeness (QED) is 0.579. The highest BCUT2D eigenvalue weighted by Gasteiger charge is 2.05. The van der Waals surface area contributed by atoms with Crippen molar-refractivity contribution in [1.82, 2.24) is 14.1 Å². The van der Waals surface area contributed by atoms with Gasteiger partial charge in [-0.05, 0) is 6.42 Å². The fourth-order valence-electron chi connectivity index (χ4n) is 1.22. The minimum absolute atomic E-state index is 0.217. The first-order valence-corrected chi connectivity index (χ1v) is 6.92. The van der Waals surface area contributed by atoms with Crippen LogP contribution in [-0.2, 0) is 4.74 Å². The van der Waals surface area contributed by atoms with Crippen molar-refractivity contribution in [2.75, 3.05) is 32.9 Å². The van der Waals surface area contributed by atoms with E-state index in [4.69, 9.17) is 9.47 Å². The summed E-state index contributed by atoms with van der Waals surface area (Å²) in [7, 11) is 0. The zero-order valence-electron chi connectivity index (χ0n) is 10.7. The Morgan fingerprint density at radius 3 is 3.11 bits per heavy atom. The van der Waals surface area contributed by atoms with Gasteiger partial charge in [-0.1, -0.05) is 13.3 Å². The molecular formula is C11H21N3O3S. The van der Waals surface area contributed by atoms with Crippen LogP contribution >= 0.6 is 11.7 Å². The van der Waals surface area contributed by atoms with Gasteiger partial charge in [-0.15, -0.1) is 4.37 Å². The topological polar surface area (TPSA) is 76.5 Å². The first kappa shape index (κ1) is 15.3. The van der Waals surface area contributed by atoms with Crippen LogP contribution in [0.2, 0.25) is 0 Å². The molecule has 1 aromatic heterocycles. The van der Waals surface area contributed by atoms with Gasteiger partial charge < -0.3 is 19.9 Å². The van der Waals surface area contributed by atoms with Gasteiger partial charge in [-0.25, -0.2) is 0 Å². The van der Waals surface area contributed by atoms with Gasteiger partial charge in [-0.3, -0.25) is 0 Å². The van der Waals surface area contributed by atoms with E-state index < -0.39 is 6.10 Å². The van der Waals surface area contributed by atoms with E-state index in [-0.39, 0.29) is 6.61 Å². The summed E-state index contributed by atoms with van der Waals surface area (Å²) in [5.74, 6) is 0.460. The molecule has 0 amide bonds. The number of nitrogens with zero attached hydrogens (tertiary/aromatic N) is 2. The second-order valence-corrected chi connectivity index (χ2v) is 4.44. The van der Waals surface area contributed by atoms with Crippen molar-refractivity contribution in [3.8, 4) is 5.88 Å². The third-order valence-electron chi connectivity index (χ3n) is 2.21. The molecule has 0 saturated heterocycles. The molecule has 104 valence electrons. The lowest BCUT2D eigenvalue weighted by molar-refractivity contribution is 0.0967. The molecule has 18 heavy (non-hydrogen) atoms. The average molecular weight is 275 g/mol. The van der Waals surface area contributed by atoms with Crippen molar-refractivity contribution >= 4 is 11.7 Å². The van der Waals surface area contributed by atoms with E-state index in [1.807, 2.05) is 0 Å². The molecule has 0 aromatic carbocycles. The van der Waals surface area contributed by atoms with Crippen LogP contribution in [-0.4, -0.2) is 52.9 Å². The average Bonchev–Trinajstić information content (AvgIpc) is 2.88. The Morgan fingerprint density at radius 2 is 2.39 bits per heavy atom. The molecule has 1 unspecified atom stereocenters. The molecule has 0 aliphatic rings. The Hall–Kier alpha value is -0.760. The van der Waals surface area contributed by atoms with E-state index >= 15 is 0 Å². The fraction of sp³-hybridized carbons (Fsp3) is 0.818. The summed E-state index contributed by atoms with van der Waals surface area (Å²) in [6.45, 7) is 5.04. The highest BCUT2D eigenvalue weighted by Crippen LogP contribution is 2.04. The Morgan fingerprint density at radius 1 is 1.50 bits per heavy atom. The van der Waals surface area contributed by atoms with Gasteiger partial charge >= 0.3 is 0 Å². The first-order chi connectivity index (χ1) is 8.83. The van der Waals surface area contributed by atoms with Crippen LogP contribution in [0.1, 0.15) is 19.8 Å². The number of aromatic nitrogens is 2. The minimum atomic E-state index is -0.553. The molecule has 0 radical (unpaired) electrons. The van der Waals surface area contributed by atoms with Gasteiger partial charge in [0.2, 0.25) is 5.88 Å². The van der Waals surface area contributed by atoms with Crippen LogP contribution in [0, 0.1) is 0 Å². The van der Waals surface area contributed by atoms with Gasteiger partial charge in [0.05, 0.1) is 18.3 Å². The minimum Gasteiger partial charge on any atom is -0.473 e. The summed E-state index contributed by atoms with van der Waals surface area (Å²) in [5, 5.41) is 12.7. The van der Waals surface area contributed by atoms with Crippen LogP contribution in [0.25, 0.3) is 0 Å². The van der Waals surface area contributed by atoms with Crippen LogP contribution in [0.4, 0.5) is 0 Å². The summed E-state index contributed by atoms with van der Waals surface area (Å²) in [6.07, 6.45) is 3.22. The van der Waals surface area contributed by atoms with Crippen LogP contribution < -0.4 is 10.1 Å². The Kier molecular flexibility index (Phi) is 8.66. The van der Waals surface area contributed by atoms with E-state index in [0.717, 1.165) is 37.7 Å². The van der Waals surface area contributed by atoms with Gasteiger partial charge in [0.25, 0.3) is 0 Å². The molecule has 0 aliphatic carbocycles. The number of hydrogen-bond donors (Lipinski definition) is 2. The standard InChI is InChI=1S/C11H21N3O3S/c1-2-3-5-16-6-4-12-7-10(15)9-17-11-8-13-18-14-11/h8,10,12,15H,2-7,9H2,1H3. The molecule has 0 bridgehead atoms. The summed E-state index contributed by atoms with van der Waals surface area (Å²) >= 11 is 1.08. The predicted octanol–water partition coefficient (Wildman–Crippen LogP) is 0.684. The molecular weight excluding hydrogens is 254 g/mol. The maximum absolute atomic E-state index is 9.62. The van der Waals surface area contributed by atoms with E-state index in [2.05, 4.69) is 21.0 Å². The largest absolute Gasteiger partial charge is 0.473 e. The molecule has 0 saturated carbocycles. The van der Waals surface area contributed by atoms with E-state index in [1.165, 1.54) is 6.20 Å². The predicted molar refractivity (Wildman–Crippen MR) is 70.0 cm³/mol. The zero-order valence-corrected chi connectivity index (χ0v) is 11.5. The van der Waals surface area contributed by atoms with Gasteiger partial charge in [0.1, 0.15) is 18.9 Å². The van der Waals surface area contributed by atoms with Crippen molar-refractivity contribution in [3.63, 3.8) is 0 Å². The smallest absolute Gasteiger partial charge is 0.245 e. The molecule has 0 aliphatic heterocycles. The number of ether oxygens (including phenoxy) is 2. The van der Waals surface area contributed by atoms with Crippen molar-refractivity contribution in [2.24, 2.45) is 0 Å². The second kappa shape index (κ2) is 10.2. The van der Waals surface area contributed by atoms with Gasteiger partial charge in [-0.2, -0.15) is 4.37 Å². The Bertz CT molecular complexity index is 285. The van der Waals surface area contributed by atoms with Crippen molar-refractivity contribution in [3.05, 3.63) is 6.20 Å². The number of unbranched alkanes of at least 4 members (excludes halogenated alkanes) is 1. The van der Waals surface area contributed by atoms with Crippen LogP contribution in [0.5, 0.6) is 5.88 Å². The van der Waals surface area contributed by atoms with Gasteiger partial charge in [0.15, 0.2) is 0 Å². The van der Waals surface area contributed by atoms with E-state index in [9.17, 15) is 5.11 Å². The van der Waals surface area contributed by atoms with Crippen molar-refractivity contribution in [2.45, 2.75) is 25.9 Å². The Balaban J connectivity index is 1.89. The second-order valence-electron chi connectivity index (χ2n) is 3.88. The van der Waals surface area contributed by atoms with E-state index in [1.54, 1.807) is 0 Å². The number of rotatable bonds is 11. The van der Waals surface area contributed by atoms with Crippen LogP contribution in [0.3, 0.4) is 0 Å². The highest BCUT2D eigenvalue weighted by molar-refractivity contribution is 6.99. The molecule has 1 heterocycles. The van der Waals surface area contributed by atoms with Crippen LogP contribution in [0.15, 0.2) is 6.20 Å². The number of hydrogen-bond acceptors (Lipinski definition) is 7. The molecule has 1 aromatic rings. The first-order valence-electron chi connectivity index (χ1n) is 6.19. The highest BCUT2D eigenvalue weighted by atomic mass is 32.1. The van der Waals surface area contributed by atoms with Crippen molar-refractivity contribution < 1.29 is 14.6 Å². The summed E-state index contributed by atoms with van der Waals surface area (Å²) < 4.78 is 18.3. The zero-order chi connectivity index (χ0) is 13.1. The third-order valence-corrected chi connectivity index (χ3v) is 2.67. The van der Waals surface area contributed by atoms with E-state index in [0.29, 0.717) is 19.0 Å². The summed E-state index contributed by atoms with van der Waals surface area (Å²) in [6, 6.07) is 0. The molecule has 1 atom stereocenters. The number of aliphatic hydroxyl groups excluding tert-OH is 1. The lowest BCUT2D eigenvalue weighted by Crippen LogP contribution is -2.33. The Labute approximate surface area is 112 Å². The number of aliphatic hydroxyl groups is 1. The maximum Gasteiger partial charge on any atom is 0.245 e. The summed E-state index contributed by atoms with van der Waals surface area (Å²) in [4.78, 5) is 0. The third kappa shape index (κ3) is 7.54. The molecule has 6 nitrogen and oxygen atoms in total. The van der Waals surface area contributed by atoms with Gasteiger partial charge in [0, 0.05) is 19.7 Å². The fourth-order valence-corrected chi connectivity index (χ4v) is 1.59.